The molecule has 0 fully saturated rings. The van der Waals surface area contributed by atoms with Crippen LogP contribution in [0.25, 0.3) is 22.6 Å². The van der Waals surface area contributed by atoms with Gasteiger partial charge in [0.2, 0.25) is 0 Å². The summed E-state index contributed by atoms with van der Waals surface area (Å²) in [6, 6.07) is 11.6. The first kappa shape index (κ1) is 12.5. The van der Waals surface area contributed by atoms with Crippen molar-refractivity contribution in [2.24, 2.45) is 7.05 Å². The molecule has 5 nitrogen and oxygen atoms in total. The Balaban J connectivity index is 2.02. The Morgan fingerprint density at radius 3 is 2.75 bits per heavy atom. The minimum atomic E-state index is -0.0878. The van der Waals surface area contributed by atoms with E-state index in [0.29, 0.717) is 11.5 Å². The van der Waals surface area contributed by atoms with Crippen molar-refractivity contribution < 1.29 is 5.11 Å². The van der Waals surface area contributed by atoms with Crippen molar-refractivity contribution in [1.29, 1.82) is 0 Å². The van der Waals surface area contributed by atoms with E-state index in [2.05, 4.69) is 15.1 Å². The van der Waals surface area contributed by atoms with E-state index in [1.54, 1.807) is 16.9 Å². The first-order valence-electron chi connectivity index (χ1n) is 6.29. The highest BCUT2D eigenvalue weighted by Gasteiger charge is 2.06. The van der Waals surface area contributed by atoms with Crippen LogP contribution in [0.15, 0.2) is 48.8 Å². The minimum Gasteiger partial charge on any atom is -0.390 e. The summed E-state index contributed by atoms with van der Waals surface area (Å²) in [5.41, 5.74) is 3.44. The maximum atomic E-state index is 9.14. The summed E-state index contributed by atoms with van der Waals surface area (Å²) in [5, 5.41) is 13.5. The molecule has 1 N–H and O–H groups in total. The van der Waals surface area contributed by atoms with Gasteiger partial charge in [0, 0.05) is 30.6 Å². The van der Waals surface area contributed by atoms with Gasteiger partial charge in [-0.05, 0) is 18.2 Å². The second kappa shape index (κ2) is 5.22. The van der Waals surface area contributed by atoms with Crippen LogP contribution in [0.2, 0.25) is 0 Å². The average molecular weight is 266 g/mol. The monoisotopic (exact) mass is 266 g/mol. The third kappa shape index (κ3) is 2.44. The van der Waals surface area contributed by atoms with E-state index >= 15 is 0 Å². The van der Waals surface area contributed by atoms with Gasteiger partial charge in [-0.15, -0.1) is 0 Å². The molecule has 0 amide bonds. The largest absolute Gasteiger partial charge is 0.390 e. The van der Waals surface area contributed by atoms with Gasteiger partial charge in [0.25, 0.3) is 0 Å². The van der Waals surface area contributed by atoms with Gasteiger partial charge in [0.15, 0.2) is 5.82 Å². The Bertz CT molecular complexity index is 736. The molecule has 20 heavy (non-hydrogen) atoms. The third-order valence-corrected chi connectivity index (χ3v) is 3.01. The van der Waals surface area contributed by atoms with Gasteiger partial charge in [-0.1, -0.05) is 18.2 Å². The molecule has 1 aromatic carbocycles. The molecule has 3 aromatic rings. The van der Waals surface area contributed by atoms with E-state index in [9.17, 15) is 0 Å². The Morgan fingerprint density at radius 1 is 1.15 bits per heavy atom. The van der Waals surface area contributed by atoms with Crippen molar-refractivity contribution >= 4 is 0 Å². The first-order valence-corrected chi connectivity index (χ1v) is 6.29. The predicted molar refractivity (Wildman–Crippen MR) is 75.6 cm³/mol. The highest BCUT2D eigenvalue weighted by Crippen LogP contribution is 2.23. The molecule has 5 heteroatoms. The maximum Gasteiger partial charge on any atom is 0.159 e. The lowest BCUT2D eigenvalue weighted by Gasteiger charge is -2.04. The highest BCUT2D eigenvalue weighted by molar-refractivity contribution is 5.67. The number of aromatic nitrogens is 4. The van der Waals surface area contributed by atoms with Gasteiger partial charge >= 0.3 is 0 Å². The molecule has 100 valence electrons. The molecule has 0 aliphatic heterocycles. The fourth-order valence-electron chi connectivity index (χ4n) is 2.01. The number of aryl methyl sites for hydroxylation is 1. The predicted octanol–water partition coefficient (Wildman–Crippen LogP) is 2.04. The van der Waals surface area contributed by atoms with Crippen molar-refractivity contribution in [3.05, 3.63) is 54.5 Å². The summed E-state index contributed by atoms with van der Waals surface area (Å²) in [6.07, 6.45) is 3.56. The zero-order valence-electron chi connectivity index (χ0n) is 11.1. The van der Waals surface area contributed by atoms with E-state index in [0.717, 1.165) is 16.8 Å². The fraction of sp³-hybridized carbons (Fsp3) is 0.133. The van der Waals surface area contributed by atoms with Gasteiger partial charge in [-0.3, -0.25) is 4.68 Å². The van der Waals surface area contributed by atoms with Gasteiger partial charge in [0.1, 0.15) is 0 Å². The second-order valence-electron chi connectivity index (χ2n) is 4.49. The van der Waals surface area contributed by atoms with E-state index in [1.807, 2.05) is 43.6 Å². The second-order valence-corrected chi connectivity index (χ2v) is 4.49. The molecule has 0 aliphatic carbocycles. The van der Waals surface area contributed by atoms with Crippen LogP contribution in [0.5, 0.6) is 0 Å². The maximum absolute atomic E-state index is 9.14. The molecule has 0 bridgehead atoms. The lowest BCUT2D eigenvalue weighted by molar-refractivity contribution is 0.277. The van der Waals surface area contributed by atoms with Crippen LogP contribution < -0.4 is 0 Å². The van der Waals surface area contributed by atoms with Crippen LogP contribution >= 0.6 is 0 Å². The van der Waals surface area contributed by atoms with Crippen LogP contribution in [0.3, 0.4) is 0 Å². The van der Waals surface area contributed by atoms with Crippen molar-refractivity contribution in [3.8, 4) is 22.6 Å². The fourth-order valence-corrected chi connectivity index (χ4v) is 2.01. The lowest BCUT2D eigenvalue weighted by Crippen LogP contribution is -1.95. The molecule has 0 saturated carbocycles. The molecule has 0 radical (unpaired) electrons. The Hall–Kier alpha value is -2.53. The van der Waals surface area contributed by atoms with Gasteiger partial charge < -0.3 is 5.11 Å². The Morgan fingerprint density at radius 2 is 2.00 bits per heavy atom. The number of aliphatic hydroxyl groups is 1. The molecule has 0 aliphatic rings. The van der Waals surface area contributed by atoms with Crippen LogP contribution in [-0.4, -0.2) is 24.9 Å². The van der Waals surface area contributed by atoms with E-state index < -0.39 is 0 Å². The molecule has 0 unspecified atom stereocenters. The van der Waals surface area contributed by atoms with Crippen LogP contribution in [0.4, 0.5) is 0 Å². The van der Waals surface area contributed by atoms with Crippen LogP contribution in [0.1, 0.15) is 5.69 Å². The summed E-state index contributed by atoms with van der Waals surface area (Å²) in [4.78, 5) is 8.56. The summed E-state index contributed by atoms with van der Waals surface area (Å²) < 4.78 is 1.77. The van der Waals surface area contributed by atoms with Crippen LogP contribution in [0, 0.1) is 0 Å². The Labute approximate surface area is 116 Å². The van der Waals surface area contributed by atoms with E-state index in [-0.39, 0.29) is 6.61 Å². The molecular weight excluding hydrogens is 252 g/mol. The SMILES string of the molecule is Cn1ccc(-c2cccc(-c3nccc(CO)n3)c2)n1. The summed E-state index contributed by atoms with van der Waals surface area (Å²) in [6.45, 7) is -0.0878. The number of nitrogens with zero attached hydrogens (tertiary/aromatic N) is 4. The molecule has 2 aromatic heterocycles. The van der Waals surface area contributed by atoms with Gasteiger partial charge in [-0.2, -0.15) is 5.10 Å². The van der Waals surface area contributed by atoms with Crippen molar-refractivity contribution in [1.82, 2.24) is 19.7 Å². The topological polar surface area (TPSA) is 63.8 Å². The summed E-state index contributed by atoms with van der Waals surface area (Å²) in [7, 11) is 1.89. The van der Waals surface area contributed by atoms with Crippen LogP contribution in [-0.2, 0) is 13.7 Å². The van der Waals surface area contributed by atoms with Crippen molar-refractivity contribution in [3.63, 3.8) is 0 Å². The summed E-state index contributed by atoms with van der Waals surface area (Å²) >= 11 is 0. The molecule has 3 rings (SSSR count). The third-order valence-electron chi connectivity index (χ3n) is 3.01. The van der Waals surface area contributed by atoms with E-state index in [4.69, 9.17) is 5.11 Å². The van der Waals surface area contributed by atoms with Gasteiger partial charge in [0.05, 0.1) is 18.0 Å². The molecular formula is C15H14N4O. The summed E-state index contributed by atoms with van der Waals surface area (Å²) in [5.74, 6) is 0.606. The number of hydrogen-bond acceptors (Lipinski definition) is 4. The number of benzene rings is 1. The van der Waals surface area contributed by atoms with E-state index in [1.165, 1.54) is 0 Å². The normalized spacial score (nSPS) is 10.7. The zero-order chi connectivity index (χ0) is 13.9. The van der Waals surface area contributed by atoms with Crippen molar-refractivity contribution in [2.45, 2.75) is 6.61 Å². The molecule has 0 saturated heterocycles. The number of aliphatic hydroxyl groups excluding tert-OH is 1. The molecule has 0 atom stereocenters. The van der Waals surface area contributed by atoms with Gasteiger partial charge in [-0.25, -0.2) is 9.97 Å². The number of rotatable bonds is 3. The minimum absolute atomic E-state index is 0.0878. The smallest absolute Gasteiger partial charge is 0.159 e. The standard InChI is InChI=1S/C15H14N4O/c1-19-8-6-14(18-19)11-3-2-4-12(9-11)15-16-7-5-13(10-20)17-15/h2-9,20H,10H2,1H3. The number of hydrogen-bond donors (Lipinski definition) is 1. The lowest BCUT2D eigenvalue weighted by atomic mass is 10.1. The first-order chi connectivity index (χ1) is 9.76. The quantitative estimate of drug-likeness (QED) is 0.788. The Kier molecular flexibility index (Phi) is 3.26. The highest BCUT2D eigenvalue weighted by atomic mass is 16.3. The zero-order valence-corrected chi connectivity index (χ0v) is 11.1. The molecule has 0 spiro atoms. The molecule has 2 heterocycles. The average Bonchev–Trinajstić information content (AvgIpc) is 2.94. The van der Waals surface area contributed by atoms with Crippen molar-refractivity contribution in [2.75, 3.05) is 0 Å².